The Kier molecular flexibility index (Phi) is 8.76. The van der Waals surface area contributed by atoms with Crippen molar-refractivity contribution in [3.05, 3.63) is 71.8 Å². The normalized spacial score (nSPS) is 18.7. The van der Waals surface area contributed by atoms with Crippen LogP contribution in [-0.2, 0) is 19.0 Å². The molecule has 41 heavy (non-hydrogen) atoms. The molecule has 0 aliphatic heterocycles. The summed E-state index contributed by atoms with van der Waals surface area (Å²) in [6.07, 6.45) is -4.13. The number of aliphatic imine (C=N–C) groups is 1. The van der Waals surface area contributed by atoms with Crippen LogP contribution in [0.1, 0.15) is 89.0 Å². The van der Waals surface area contributed by atoms with Crippen molar-refractivity contribution in [1.29, 1.82) is 0 Å². The maximum Gasteiger partial charge on any atom is 0.420 e. The fourth-order valence-corrected chi connectivity index (χ4v) is 3.97. The molecular formula is C33H44N2O6. The molecule has 3 rings (SSSR count). The van der Waals surface area contributed by atoms with Crippen molar-refractivity contribution in [2.45, 2.75) is 104 Å². The average Bonchev–Trinajstić information content (AvgIpc) is 3.63. The second-order valence-corrected chi connectivity index (χ2v) is 13.1. The molecule has 0 aromatic heterocycles. The molecule has 8 heteroatoms. The summed E-state index contributed by atoms with van der Waals surface area (Å²) in [4.78, 5) is 45.7. The number of ether oxygens (including phenoxy) is 3. The summed E-state index contributed by atoms with van der Waals surface area (Å²) in [7, 11) is 0. The van der Waals surface area contributed by atoms with Gasteiger partial charge in [-0.15, -0.1) is 0 Å². The molecule has 0 heterocycles. The number of hydrogen-bond donors (Lipinski definition) is 0. The summed E-state index contributed by atoms with van der Waals surface area (Å²) in [6, 6.07) is 15.8. The molecule has 2 amide bonds. The van der Waals surface area contributed by atoms with E-state index in [1.54, 1.807) is 62.3 Å². The fraction of sp³-hybridized carbons (Fsp3) is 0.515. The summed E-state index contributed by atoms with van der Waals surface area (Å²) in [6.45, 7) is 15.1. The lowest BCUT2D eigenvalue weighted by Crippen LogP contribution is -2.45. The zero-order valence-electron chi connectivity index (χ0n) is 27.6. The smallest absolute Gasteiger partial charge is 0.420 e. The van der Waals surface area contributed by atoms with Crippen molar-refractivity contribution in [2.75, 3.05) is 0 Å². The van der Waals surface area contributed by atoms with Gasteiger partial charge in [-0.1, -0.05) is 60.7 Å². The minimum absolute atomic E-state index is 0.0896. The van der Waals surface area contributed by atoms with Crippen molar-refractivity contribution in [1.82, 2.24) is 4.90 Å². The lowest BCUT2D eigenvalue weighted by atomic mass is 10.0. The van der Waals surface area contributed by atoms with E-state index >= 15 is 0 Å². The van der Waals surface area contributed by atoms with Gasteiger partial charge in [-0.2, -0.15) is 0 Å². The van der Waals surface area contributed by atoms with Gasteiger partial charge in [0.1, 0.15) is 22.8 Å². The lowest BCUT2D eigenvalue weighted by Gasteiger charge is -2.29. The number of esters is 1. The Labute approximate surface area is 246 Å². The topological polar surface area (TPSA) is 94.5 Å². The molecule has 3 atom stereocenters. The highest BCUT2D eigenvalue weighted by Crippen LogP contribution is 2.42. The number of imide groups is 1. The summed E-state index contributed by atoms with van der Waals surface area (Å²) in [5.74, 6) is -1.80. The highest BCUT2D eigenvalue weighted by atomic mass is 16.6. The minimum atomic E-state index is -2.33. The van der Waals surface area contributed by atoms with Crippen LogP contribution in [0.2, 0.25) is 0 Å². The monoisotopic (exact) mass is 566 g/mol. The molecule has 1 fully saturated rings. The second kappa shape index (κ2) is 12.5. The van der Waals surface area contributed by atoms with E-state index in [0.717, 1.165) is 4.90 Å². The Morgan fingerprint density at radius 1 is 0.780 bits per heavy atom. The minimum Gasteiger partial charge on any atom is -0.458 e. The molecule has 0 spiro atoms. The Morgan fingerprint density at radius 2 is 1.20 bits per heavy atom. The van der Waals surface area contributed by atoms with Crippen LogP contribution in [0.25, 0.3) is 0 Å². The van der Waals surface area contributed by atoms with Gasteiger partial charge in [-0.3, -0.25) is 4.99 Å². The summed E-state index contributed by atoms with van der Waals surface area (Å²) in [5.41, 5.74) is -0.949. The number of rotatable bonds is 7. The van der Waals surface area contributed by atoms with Crippen molar-refractivity contribution in [2.24, 2.45) is 10.9 Å². The van der Waals surface area contributed by atoms with E-state index in [1.807, 2.05) is 60.7 Å². The number of hydrogen-bond acceptors (Lipinski definition) is 7. The molecule has 1 aliphatic rings. The number of nitrogens with zero attached hydrogens (tertiary/aromatic N) is 2. The van der Waals surface area contributed by atoms with Gasteiger partial charge in [-0.25, -0.2) is 19.3 Å². The highest BCUT2D eigenvalue weighted by Gasteiger charge is 2.51. The Balaban J connectivity index is 2.09. The molecule has 0 N–H and O–H groups in total. The van der Waals surface area contributed by atoms with E-state index in [2.05, 4.69) is 0 Å². The zero-order valence-corrected chi connectivity index (χ0v) is 25.6. The summed E-state index contributed by atoms with van der Waals surface area (Å²) < 4.78 is 35.2. The Morgan fingerprint density at radius 3 is 1.59 bits per heavy atom. The molecule has 2 aromatic carbocycles. The molecule has 0 saturated heterocycles. The Hall–Kier alpha value is -3.68. The third-order valence-electron chi connectivity index (χ3n) is 5.62. The zero-order chi connectivity index (χ0) is 32.4. The first kappa shape index (κ1) is 28.8. The molecule has 0 bridgehead atoms. The van der Waals surface area contributed by atoms with Gasteiger partial charge >= 0.3 is 18.2 Å². The van der Waals surface area contributed by atoms with Crippen LogP contribution in [0.3, 0.4) is 0 Å². The van der Waals surface area contributed by atoms with Crippen LogP contribution in [-0.4, -0.2) is 57.7 Å². The van der Waals surface area contributed by atoms with Gasteiger partial charge in [0.15, 0.2) is 0 Å². The van der Waals surface area contributed by atoms with Crippen LogP contribution in [0, 0.1) is 5.92 Å². The van der Waals surface area contributed by atoms with E-state index in [0.29, 0.717) is 16.8 Å². The van der Waals surface area contributed by atoms with Crippen molar-refractivity contribution in [3.63, 3.8) is 0 Å². The SMILES string of the molecule is [2H]C([2H])(C(N=C(c1ccccc1)c1ccccc1)C(=O)OC(C)(C)C)[C@@H]1C[C@H]1N(C(=O)OC(C)(C)C)C(=O)OC(C)(C)C. The van der Waals surface area contributed by atoms with E-state index in [1.165, 1.54) is 0 Å². The number of carbonyl (C=O) groups is 3. The van der Waals surface area contributed by atoms with E-state index < -0.39 is 59.3 Å². The average molecular weight is 567 g/mol. The first-order chi connectivity index (χ1) is 19.7. The van der Waals surface area contributed by atoms with Gasteiger partial charge in [0, 0.05) is 19.9 Å². The van der Waals surface area contributed by atoms with Crippen LogP contribution >= 0.6 is 0 Å². The van der Waals surface area contributed by atoms with Crippen LogP contribution in [0.15, 0.2) is 65.7 Å². The lowest BCUT2D eigenvalue weighted by molar-refractivity contribution is -0.156. The first-order valence-corrected chi connectivity index (χ1v) is 13.9. The molecule has 0 radical (unpaired) electrons. The third kappa shape index (κ3) is 10.0. The number of amides is 2. The largest absolute Gasteiger partial charge is 0.458 e. The van der Waals surface area contributed by atoms with Gasteiger partial charge in [-0.05, 0) is 81.0 Å². The predicted octanol–water partition coefficient (Wildman–Crippen LogP) is 7.19. The molecule has 1 aliphatic carbocycles. The van der Waals surface area contributed by atoms with Crippen molar-refractivity contribution in [3.8, 4) is 0 Å². The van der Waals surface area contributed by atoms with E-state index in [9.17, 15) is 17.1 Å². The van der Waals surface area contributed by atoms with Gasteiger partial charge in [0.05, 0.1) is 5.71 Å². The highest BCUT2D eigenvalue weighted by molar-refractivity contribution is 6.13. The Bertz CT molecular complexity index is 1260. The molecule has 8 nitrogen and oxygen atoms in total. The molecule has 2 aromatic rings. The van der Waals surface area contributed by atoms with Crippen molar-refractivity contribution < 1.29 is 31.3 Å². The van der Waals surface area contributed by atoms with Crippen LogP contribution in [0.4, 0.5) is 9.59 Å². The fourth-order valence-electron chi connectivity index (χ4n) is 3.97. The molecule has 1 saturated carbocycles. The molecule has 1 unspecified atom stereocenters. The van der Waals surface area contributed by atoms with Gasteiger partial charge < -0.3 is 14.2 Å². The van der Waals surface area contributed by atoms with E-state index in [4.69, 9.17) is 19.2 Å². The van der Waals surface area contributed by atoms with Crippen LogP contribution < -0.4 is 0 Å². The van der Waals surface area contributed by atoms with Crippen molar-refractivity contribution >= 4 is 23.9 Å². The number of carbonyl (C=O) groups excluding carboxylic acids is 3. The first-order valence-electron chi connectivity index (χ1n) is 14.9. The quantitative estimate of drug-likeness (QED) is 0.200. The number of benzene rings is 2. The third-order valence-corrected chi connectivity index (χ3v) is 5.62. The van der Waals surface area contributed by atoms with Gasteiger partial charge in [0.2, 0.25) is 0 Å². The summed E-state index contributed by atoms with van der Waals surface area (Å²) in [5, 5.41) is 0. The summed E-state index contributed by atoms with van der Waals surface area (Å²) >= 11 is 0. The maximum absolute atomic E-state index is 13.7. The maximum atomic E-state index is 13.7. The van der Waals surface area contributed by atoms with E-state index in [-0.39, 0.29) is 6.42 Å². The second-order valence-electron chi connectivity index (χ2n) is 13.1. The van der Waals surface area contributed by atoms with Gasteiger partial charge in [0.25, 0.3) is 0 Å². The standard InChI is InChI=1S/C33H44N2O6/c1-31(2,3)39-28(36)25(34-27(22-16-12-10-13-17-22)23-18-14-11-15-19-23)20-24-21-26(24)35(29(37)40-32(4,5)6)30(38)41-33(7,8)9/h10-19,24-26H,20-21H2,1-9H3/t24-,25?,26-/m1/s1/i20D2. The predicted molar refractivity (Wildman–Crippen MR) is 159 cm³/mol. The molecular weight excluding hydrogens is 520 g/mol. The molecule has 222 valence electrons. The van der Waals surface area contributed by atoms with Crippen LogP contribution in [0.5, 0.6) is 0 Å².